The van der Waals surface area contributed by atoms with Crippen LogP contribution in [0.15, 0.2) is 10.6 Å². The summed E-state index contributed by atoms with van der Waals surface area (Å²) in [6, 6.07) is 3.82. The van der Waals surface area contributed by atoms with Gasteiger partial charge in [0.1, 0.15) is 12.1 Å². The summed E-state index contributed by atoms with van der Waals surface area (Å²) in [7, 11) is 1.54. The number of nitriles is 1. The fourth-order valence-corrected chi connectivity index (χ4v) is 2.51. The van der Waals surface area contributed by atoms with Crippen LogP contribution in [-0.2, 0) is 11.3 Å². The van der Waals surface area contributed by atoms with Crippen molar-refractivity contribution in [1.82, 2.24) is 10.5 Å². The van der Waals surface area contributed by atoms with E-state index in [1.807, 2.05) is 0 Å². The average molecular weight is 277 g/mol. The van der Waals surface area contributed by atoms with Gasteiger partial charge in [0.15, 0.2) is 11.5 Å². The first-order chi connectivity index (χ1) is 9.69. The van der Waals surface area contributed by atoms with Crippen molar-refractivity contribution in [3.05, 3.63) is 17.5 Å². The predicted octanol–water partition coefficient (Wildman–Crippen LogP) is 2.17. The molecule has 0 aliphatic heterocycles. The smallest absolute Gasteiger partial charge is 0.274 e. The van der Waals surface area contributed by atoms with E-state index < -0.39 is 5.54 Å². The van der Waals surface area contributed by atoms with Crippen LogP contribution in [0.4, 0.5) is 0 Å². The summed E-state index contributed by atoms with van der Waals surface area (Å²) in [6.45, 7) is 0.268. The molecule has 20 heavy (non-hydrogen) atoms. The Hall–Kier alpha value is -1.87. The second-order valence-electron chi connectivity index (χ2n) is 5.17. The molecule has 1 heterocycles. The zero-order chi connectivity index (χ0) is 14.4. The number of amides is 1. The van der Waals surface area contributed by atoms with E-state index in [-0.39, 0.29) is 18.2 Å². The molecule has 0 saturated heterocycles. The van der Waals surface area contributed by atoms with Crippen LogP contribution < -0.4 is 5.32 Å². The number of nitrogens with zero attached hydrogens (tertiary/aromatic N) is 2. The first-order valence-corrected chi connectivity index (χ1v) is 6.87. The van der Waals surface area contributed by atoms with E-state index in [4.69, 9.17) is 9.26 Å². The van der Waals surface area contributed by atoms with Gasteiger partial charge in [-0.1, -0.05) is 30.8 Å². The minimum absolute atomic E-state index is 0.191. The molecule has 0 unspecified atom stereocenters. The lowest BCUT2D eigenvalue weighted by Gasteiger charge is -2.25. The monoisotopic (exact) mass is 277 g/mol. The van der Waals surface area contributed by atoms with Gasteiger partial charge in [0.2, 0.25) is 0 Å². The number of carbonyl (C=O) groups is 1. The van der Waals surface area contributed by atoms with E-state index in [1.165, 1.54) is 0 Å². The van der Waals surface area contributed by atoms with Gasteiger partial charge in [0.25, 0.3) is 5.91 Å². The predicted molar refractivity (Wildman–Crippen MR) is 70.7 cm³/mol. The second-order valence-corrected chi connectivity index (χ2v) is 5.17. The van der Waals surface area contributed by atoms with E-state index in [9.17, 15) is 10.1 Å². The summed E-state index contributed by atoms with van der Waals surface area (Å²) in [5, 5.41) is 16.0. The number of carbonyl (C=O) groups excluding carboxylic acids is 1. The molecule has 6 nitrogen and oxygen atoms in total. The largest absolute Gasteiger partial charge is 0.377 e. The van der Waals surface area contributed by atoms with Crippen LogP contribution in [0.25, 0.3) is 0 Å². The molecule has 0 spiro atoms. The Labute approximate surface area is 118 Å². The van der Waals surface area contributed by atoms with Crippen molar-refractivity contribution >= 4 is 5.91 Å². The topological polar surface area (TPSA) is 88.1 Å². The van der Waals surface area contributed by atoms with Crippen LogP contribution in [0.3, 0.4) is 0 Å². The van der Waals surface area contributed by atoms with Crippen LogP contribution in [-0.4, -0.2) is 23.7 Å². The molecule has 1 aromatic rings. The molecular weight excluding hydrogens is 258 g/mol. The zero-order valence-electron chi connectivity index (χ0n) is 11.6. The van der Waals surface area contributed by atoms with E-state index in [0.29, 0.717) is 18.6 Å². The van der Waals surface area contributed by atoms with E-state index in [2.05, 4.69) is 16.5 Å². The normalized spacial score (nSPS) is 18.0. The standard InChI is InChI=1S/C14H19N3O3/c1-19-9-11-8-12(17-20-11)13(18)16-14(10-15)6-4-2-3-5-7-14/h8H,2-7,9H2,1H3,(H,16,18). The highest BCUT2D eigenvalue weighted by atomic mass is 16.5. The Morgan fingerprint density at radius 1 is 1.50 bits per heavy atom. The van der Waals surface area contributed by atoms with Crippen molar-refractivity contribution in [2.45, 2.75) is 50.7 Å². The first kappa shape index (κ1) is 14.5. The summed E-state index contributed by atoms with van der Waals surface area (Å²) in [5.41, 5.74) is -0.579. The third kappa shape index (κ3) is 3.36. The van der Waals surface area contributed by atoms with Crippen molar-refractivity contribution in [1.29, 1.82) is 5.26 Å². The van der Waals surface area contributed by atoms with Crippen LogP contribution >= 0.6 is 0 Å². The van der Waals surface area contributed by atoms with Crippen molar-refractivity contribution in [2.24, 2.45) is 0 Å². The van der Waals surface area contributed by atoms with Crippen LogP contribution in [0.5, 0.6) is 0 Å². The molecule has 1 amide bonds. The Bertz CT molecular complexity index is 496. The van der Waals surface area contributed by atoms with Gasteiger partial charge < -0.3 is 14.6 Å². The number of hydrogen-bond donors (Lipinski definition) is 1. The van der Waals surface area contributed by atoms with E-state index >= 15 is 0 Å². The van der Waals surface area contributed by atoms with Crippen molar-refractivity contribution < 1.29 is 14.1 Å². The molecule has 2 rings (SSSR count). The summed E-state index contributed by atoms with van der Waals surface area (Å²) in [4.78, 5) is 12.2. The third-order valence-corrected chi connectivity index (χ3v) is 3.60. The molecule has 0 bridgehead atoms. The van der Waals surface area contributed by atoms with Gasteiger partial charge in [-0.25, -0.2) is 0 Å². The third-order valence-electron chi connectivity index (χ3n) is 3.60. The minimum Gasteiger partial charge on any atom is -0.377 e. The quantitative estimate of drug-likeness (QED) is 0.852. The molecular formula is C14H19N3O3. The second kappa shape index (κ2) is 6.53. The fourth-order valence-electron chi connectivity index (χ4n) is 2.51. The number of nitrogens with one attached hydrogen (secondary N) is 1. The molecule has 0 radical (unpaired) electrons. The zero-order valence-corrected chi connectivity index (χ0v) is 11.6. The lowest BCUT2D eigenvalue weighted by molar-refractivity contribution is 0.0903. The molecule has 1 N–H and O–H groups in total. The summed E-state index contributed by atoms with van der Waals surface area (Å²) in [5.74, 6) is 0.129. The van der Waals surface area contributed by atoms with Gasteiger partial charge in [-0.3, -0.25) is 4.79 Å². The van der Waals surface area contributed by atoms with Gasteiger partial charge in [-0.15, -0.1) is 0 Å². The Balaban J connectivity index is 2.06. The molecule has 1 fully saturated rings. The Kier molecular flexibility index (Phi) is 4.74. The van der Waals surface area contributed by atoms with E-state index in [0.717, 1.165) is 25.7 Å². The number of methoxy groups -OCH3 is 1. The number of ether oxygens (including phenoxy) is 1. The average Bonchev–Trinajstić information content (AvgIpc) is 2.79. The number of hydrogen-bond acceptors (Lipinski definition) is 5. The lowest BCUT2D eigenvalue weighted by atomic mass is 9.91. The van der Waals surface area contributed by atoms with Gasteiger partial charge in [-0.2, -0.15) is 5.26 Å². The molecule has 1 aromatic heterocycles. The van der Waals surface area contributed by atoms with Gasteiger partial charge >= 0.3 is 0 Å². The van der Waals surface area contributed by atoms with Gasteiger partial charge in [0.05, 0.1) is 6.07 Å². The Morgan fingerprint density at radius 2 is 2.20 bits per heavy atom. The molecule has 6 heteroatoms. The maximum absolute atomic E-state index is 12.2. The molecule has 1 aliphatic carbocycles. The minimum atomic E-state index is -0.770. The van der Waals surface area contributed by atoms with Crippen LogP contribution in [0.1, 0.15) is 54.8 Å². The van der Waals surface area contributed by atoms with Crippen molar-refractivity contribution in [3.8, 4) is 6.07 Å². The van der Waals surface area contributed by atoms with Gasteiger partial charge in [-0.05, 0) is 12.8 Å². The SMILES string of the molecule is COCc1cc(C(=O)NC2(C#N)CCCCCC2)no1. The summed E-state index contributed by atoms with van der Waals surface area (Å²) >= 11 is 0. The van der Waals surface area contributed by atoms with Crippen LogP contribution in [0.2, 0.25) is 0 Å². The Morgan fingerprint density at radius 3 is 2.80 bits per heavy atom. The molecule has 108 valence electrons. The molecule has 1 aliphatic rings. The highest BCUT2D eigenvalue weighted by Crippen LogP contribution is 2.26. The first-order valence-electron chi connectivity index (χ1n) is 6.87. The number of rotatable bonds is 4. The highest BCUT2D eigenvalue weighted by molar-refractivity contribution is 5.93. The maximum Gasteiger partial charge on any atom is 0.274 e. The van der Waals surface area contributed by atoms with Gasteiger partial charge in [0, 0.05) is 13.2 Å². The summed E-state index contributed by atoms with van der Waals surface area (Å²) in [6.07, 6.45) is 5.53. The molecule has 0 aromatic carbocycles. The highest BCUT2D eigenvalue weighted by Gasteiger charge is 2.33. The number of aromatic nitrogens is 1. The van der Waals surface area contributed by atoms with Crippen LogP contribution in [0, 0.1) is 11.3 Å². The van der Waals surface area contributed by atoms with Crippen molar-refractivity contribution in [3.63, 3.8) is 0 Å². The van der Waals surface area contributed by atoms with Crippen molar-refractivity contribution in [2.75, 3.05) is 7.11 Å². The summed E-state index contributed by atoms with van der Waals surface area (Å²) < 4.78 is 9.90. The lowest BCUT2D eigenvalue weighted by Crippen LogP contribution is -2.47. The molecule has 1 saturated carbocycles. The van der Waals surface area contributed by atoms with E-state index in [1.54, 1.807) is 13.2 Å². The maximum atomic E-state index is 12.2. The fraction of sp³-hybridized carbons (Fsp3) is 0.643. The molecule has 0 atom stereocenters.